The van der Waals surface area contributed by atoms with E-state index in [-0.39, 0.29) is 4.90 Å². The van der Waals surface area contributed by atoms with E-state index >= 15 is 0 Å². The summed E-state index contributed by atoms with van der Waals surface area (Å²) in [6.07, 6.45) is -0.583. The first kappa shape index (κ1) is 13.2. The van der Waals surface area contributed by atoms with Crippen molar-refractivity contribution in [3.8, 4) is 0 Å². The van der Waals surface area contributed by atoms with Gasteiger partial charge in [0.25, 0.3) is 0 Å². The number of sulfonamides is 1. The van der Waals surface area contributed by atoms with E-state index in [9.17, 15) is 13.5 Å². The number of aliphatic hydroxyl groups is 1. The van der Waals surface area contributed by atoms with Gasteiger partial charge in [0.1, 0.15) is 0 Å². The van der Waals surface area contributed by atoms with Crippen LogP contribution in [0.25, 0.3) is 0 Å². The highest BCUT2D eigenvalue weighted by Crippen LogP contribution is 2.18. The van der Waals surface area contributed by atoms with Gasteiger partial charge in [-0.3, -0.25) is 0 Å². The fourth-order valence-corrected chi connectivity index (χ4v) is 2.45. The molecule has 0 amide bonds. The monoisotopic (exact) mass is 243 g/mol. The summed E-state index contributed by atoms with van der Waals surface area (Å²) in [5.41, 5.74) is 0.707. The highest BCUT2D eigenvalue weighted by atomic mass is 32.2. The Morgan fingerprint density at radius 1 is 1.31 bits per heavy atom. The van der Waals surface area contributed by atoms with E-state index in [1.54, 1.807) is 26.0 Å². The molecule has 1 atom stereocenters. The van der Waals surface area contributed by atoms with E-state index in [0.717, 1.165) is 0 Å². The maximum Gasteiger partial charge on any atom is 0.242 e. The van der Waals surface area contributed by atoms with Crippen molar-refractivity contribution in [2.45, 2.75) is 24.8 Å². The van der Waals surface area contributed by atoms with Crippen LogP contribution in [-0.4, -0.2) is 31.4 Å². The molecule has 1 N–H and O–H groups in total. The minimum absolute atomic E-state index is 0.251. The van der Waals surface area contributed by atoms with Crippen molar-refractivity contribution < 1.29 is 13.5 Å². The van der Waals surface area contributed by atoms with Crippen molar-refractivity contribution in [1.29, 1.82) is 0 Å². The van der Waals surface area contributed by atoms with Gasteiger partial charge in [-0.05, 0) is 24.6 Å². The van der Waals surface area contributed by atoms with E-state index in [0.29, 0.717) is 12.1 Å². The molecule has 90 valence electrons. The number of hydrogen-bond acceptors (Lipinski definition) is 3. The first-order valence-corrected chi connectivity index (χ1v) is 6.58. The third-order valence-corrected chi connectivity index (χ3v) is 4.46. The van der Waals surface area contributed by atoms with Crippen LogP contribution < -0.4 is 0 Å². The lowest BCUT2D eigenvalue weighted by Gasteiger charge is -2.15. The van der Waals surface area contributed by atoms with Crippen LogP contribution in [0.3, 0.4) is 0 Å². The van der Waals surface area contributed by atoms with Gasteiger partial charge in [0.05, 0.1) is 11.0 Å². The summed E-state index contributed by atoms with van der Waals surface area (Å²) in [5, 5.41) is 9.31. The van der Waals surface area contributed by atoms with Gasteiger partial charge in [0, 0.05) is 13.6 Å². The van der Waals surface area contributed by atoms with Gasteiger partial charge >= 0.3 is 0 Å². The molecule has 1 aromatic carbocycles. The van der Waals surface area contributed by atoms with Crippen LogP contribution in [0.4, 0.5) is 0 Å². The molecule has 0 heterocycles. The molecule has 0 aliphatic rings. The average molecular weight is 243 g/mol. The van der Waals surface area contributed by atoms with Crippen LogP contribution in [0.15, 0.2) is 29.2 Å². The van der Waals surface area contributed by atoms with Gasteiger partial charge in [-0.25, -0.2) is 12.7 Å². The molecule has 0 fully saturated rings. The Bertz CT molecular complexity index is 437. The summed E-state index contributed by atoms with van der Waals surface area (Å²) < 4.78 is 25.1. The van der Waals surface area contributed by atoms with Crippen molar-refractivity contribution in [2.24, 2.45) is 0 Å². The molecule has 0 radical (unpaired) electrons. The van der Waals surface area contributed by atoms with Crippen molar-refractivity contribution in [3.63, 3.8) is 0 Å². The average Bonchev–Trinajstić information content (AvgIpc) is 2.28. The SMILES string of the molecule is CCN(C)S(=O)(=O)c1ccc(C(C)O)cc1. The minimum Gasteiger partial charge on any atom is -0.389 e. The maximum absolute atomic E-state index is 11.9. The van der Waals surface area contributed by atoms with Gasteiger partial charge in [0.2, 0.25) is 10.0 Å². The quantitative estimate of drug-likeness (QED) is 0.869. The normalized spacial score (nSPS) is 14.1. The second-order valence-corrected chi connectivity index (χ2v) is 5.71. The fraction of sp³-hybridized carbons (Fsp3) is 0.455. The molecule has 5 heteroatoms. The van der Waals surface area contributed by atoms with E-state index < -0.39 is 16.1 Å². The number of benzene rings is 1. The van der Waals surface area contributed by atoms with Crippen molar-refractivity contribution >= 4 is 10.0 Å². The van der Waals surface area contributed by atoms with E-state index in [4.69, 9.17) is 0 Å². The molecule has 0 aliphatic heterocycles. The molecule has 0 saturated heterocycles. The van der Waals surface area contributed by atoms with Crippen LogP contribution in [0, 0.1) is 0 Å². The third-order valence-electron chi connectivity index (χ3n) is 2.52. The summed E-state index contributed by atoms with van der Waals surface area (Å²) in [6, 6.07) is 6.29. The second kappa shape index (κ2) is 4.95. The van der Waals surface area contributed by atoms with Gasteiger partial charge in [-0.2, -0.15) is 0 Å². The van der Waals surface area contributed by atoms with Gasteiger partial charge in [-0.15, -0.1) is 0 Å². The van der Waals surface area contributed by atoms with Crippen LogP contribution in [0.5, 0.6) is 0 Å². The topological polar surface area (TPSA) is 57.6 Å². The number of nitrogens with zero attached hydrogens (tertiary/aromatic N) is 1. The number of hydrogen-bond donors (Lipinski definition) is 1. The second-order valence-electron chi connectivity index (χ2n) is 3.66. The zero-order valence-corrected chi connectivity index (χ0v) is 10.5. The van der Waals surface area contributed by atoms with Crippen LogP contribution in [-0.2, 0) is 10.0 Å². The Balaban J connectivity index is 3.07. The van der Waals surface area contributed by atoms with Crippen molar-refractivity contribution in [3.05, 3.63) is 29.8 Å². The van der Waals surface area contributed by atoms with E-state index in [2.05, 4.69) is 0 Å². The van der Waals surface area contributed by atoms with Gasteiger partial charge in [-0.1, -0.05) is 19.1 Å². The molecular weight excluding hydrogens is 226 g/mol. The van der Waals surface area contributed by atoms with Crippen molar-refractivity contribution in [1.82, 2.24) is 4.31 Å². The molecule has 0 bridgehead atoms. The fourth-order valence-electron chi connectivity index (χ4n) is 1.27. The first-order valence-electron chi connectivity index (χ1n) is 5.14. The minimum atomic E-state index is -3.38. The van der Waals surface area contributed by atoms with Crippen LogP contribution >= 0.6 is 0 Å². The Morgan fingerprint density at radius 3 is 2.19 bits per heavy atom. The molecular formula is C11H17NO3S. The number of aliphatic hydroxyl groups excluding tert-OH is 1. The summed E-state index contributed by atoms with van der Waals surface area (Å²) in [4.78, 5) is 0.251. The lowest BCUT2D eigenvalue weighted by molar-refractivity contribution is 0.199. The van der Waals surface area contributed by atoms with E-state index in [1.165, 1.54) is 23.5 Å². The number of rotatable bonds is 4. The molecule has 0 aromatic heterocycles. The van der Waals surface area contributed by atoms with Crippen molar-refractivity contribution in [2.75, 3.05) is 13.6 Å². The Labute approximate surface area is 96.6 Å². The first-order chi connectivity index (χ1) is 7.39. The molecule has 16 heavy (non-hydrogen) atoms. The molecule has 1 rings (SSSR count). The predicted molar refractivity (Wildman–Crippen MR) is 62.6 cm³/mol. The Hall–Kier alpha value is -0.910. The maximum atomic E-state index is 11.9. The molecule has 4 nitrogen and oxygen atoms in total. The smallest absolute Gasteiger partial charge is 0.242 e. The summed E-state index contributed by atoms with van der Waals surface area (Å²) >= 11 is 0. The molecule has 0 spiro atoms. The van der Waals surface area contributed by atoms with Crippen LogP contribution in [0.1, 0.15) is 25.5 Å². The predicted octanol–water partition coefficient (Wildman–Crippen LogP) is 1.38. The van der Waals surface area contributed by atoms with E-state index in [1.807, 2.05) is 0 Å². The molecule has 0 saturated carbocycles. The van der Waals surface area contributed by atoms with Crippen LogP contribution in [0.2, 0.25) is 0 Å². The van der Waals surface area contributed by atoms with Gasteiger partial charge in [0.15, 0.2) is 0 Å². The Morgan fingerprint density at radius 2 is 1.81 bits per heavy atom. The summed E-state index contributed by atoms with van der Waals surface area (Å²) in [5.74, 6) is 0. The highest BCUT2D eigenvalue weighted by molar-refractivity contribution is 7.89. The highest BCUT2D eigenvalue weighted by Gasteiger charge is 2.18. The summed E-state index contributed by atoms with van der Waals surface area (Å²) in [6.45, 7) is 3.85. The molecule has 1 unspecified atom stereocenters. The summed E-state index contributed by atoms with van der Waals surface area (Å²) in [7, 11) is -1.84. The third kappa shape index (κ3) is 2.61. The lowest BCUT2D eigenvalue weighted by atomic mass is 10.1. The molecule has 0 aliphatic carbocycles. The largest absolute Gasteiger partial charge is 0.389 e. The Kier molecular flexibility index (Phi) is 4.07. The molecule has 1 aromatic rings. The zero-order chi connectivity index (χ0) is 12.3. The zero-order valence-electron chi connectivity index (χ0n) is 9.71. The lowest BCUT2D eigenvalue weighted by Crippen LogP contribution is -2.26. The standard InChI is InChI=1S/C11H17NO3S/c1-4-12(3)16(14,15)11-7-5-10(6-8-11)9(2)13/h5-9,13H,4H2,1-3H3. The van der Waals surface area contributed by atoms with Gasteiger partial charge < -0.3 is 5.11 Å².